The quantitative estimate of drug-likeness (QED) is 0.561. The molecule has 0 unspecified atom stereocenters. The lowest BCUT2D eigenvalue weighted by atomic mass is 9.99. The SMILES string of the molecule is C=C(O)c1ccc(-c2ccccc2)cc1CS(=O)(=O)c1cc(F)cc(Cl)c1. The standard InChI is InChI=1S/C21H16ClFO3S/c1-14(24)21-8-7-16(15-5-3-2-4-6-15)9-17(21)13-27(25,26)20-11-18(22)10-19(23)12-20/h2-12,24H,1,13H2. The smallest absolute Gasteiger partial charge is 0.182 e. The van der Waals surface area contributed by atoms with E-state index in [1.165, 1.54) is 6.07 Å². The van der Waals surface area contributed by atoms with Crippen molar-refractivity contribution in [3.05, 3.63) is 95.3 Å². The molecule has 0 amide bonds. The van der Waals surface area contributed by atoms with Crippen molar-refractivity contribution in [1.82, 2.24) is 0 Å². The van der Waals surface area contributed by atoms with Gasteiger partial charge in [-0.25, -0.2) is 12.8 Å². The van der Waals surface area contributed by atoms with Gasteiger partial charge in [-0.2, -0.15) is 0 Å². The van der Waals surface area contributed by atoms with Crippen LogP contribution in [-0.4, -0.2) is 13.5 Å². The molecule has 0 saturated carbocycles. The second-order valence-corrected chi connectivity index (χ2v) is 8.47. The first-order chi connectivity index (χ1) is 12.8. The van der Waals surface area contributed by atoms with Crippen LogP contribution >= 0.6 is 11.6 Å². The Bertz CT molecular complexity index is 1090. The zero-order valence-electron chi connectivity index (χ0n) is 14.2. The van der Waals surface area contributed by atoms with Gasteiger partial charge in [0.05, 0.1) is 10.6 Å². The minimum absolute atomic E-state index is 0.00148. The van der Waals surface area contributed by atoms with Crippen LogP contribution in [0.2, 0.25) is 5.02 Å². The number of hydrogen-bond acceptors (Lipinski definition) is 3. The van der Waals surface area contributed by atoms with Crippen LogP contribution in [0, 0.1) is 5.82 Å². The van der Waals surface area contributed by atoms with Gasteiger partial charge < -0.3 is 5.11 Å². The number of hydrogen-bond donors (Lipinski definition) is 1. The Morgan fingerprint density at radius 1 is 1.00 bits per heavy atom. The van der Waals surface area contributed by atoms with Gasteiger partial charge in [-0.15, -0.1) is 0 Å². The van der Waals surface area contributed by atoms with E-state index in [1.807, 2.05) is 30.3 Å². The third-order valence-electron chi connectivity index (χ3n) is 4.06. The zero-order chi connectivity index (χ0) is 19.6. The summed E-state index contributed by atoms with van der Waals surface area (Å²) in [6.45, 7) is 3.50. The maximum absolute atomic E-state index is 13.6. The Morgan fingerprint density at radius 3 is 2.33 bits per heavy atom. The summed E-state index contributed by atoms with van der Waals surface area (Å²) in [5.41, 5.74) is 2.38. The third kappa shape index (κ3) is 4.38. The molecule has 0 heterocycles. The number of aliphatic hydroxyl groups is 1. The van der Waals surface area contributed by atoms with E-state index >= 15 is 0 Å². The summed E-state index contributed by atoms with van der Waals surface area (Å²) in [5, 5.41) is 9.85. The fourth-order valence-corrected chi connectivity index (χ4v) is 4.50. The maximum Gasteiger partial charge on any atom is 0.182 e. The second kappa shape index (κ2) is 7.55. The van der Waals surface area contributed by atoms with E-state index < -0.39 is 21.4 Å². The lowest BCUT2D eigenvalue weighted by molar-refractivity contribution is 0.513. The number of halogens is 2. The topological polar surface area (TPSA) is 54.4 Å². The maximum atomic E-state index is 13.6. The first-order valence-corrected chi connectivity index (χ1v) is 10.0. The van der Waals surface area contributed by atoms with Gasteiger partial charge in [-0.05, 0) is 41.0 Å². The number of sulfone groups is 1. The normalized spacial score (nSPS) is 11.3. The van der Waals surface area contributed by atoms with Crippen molar-refractivity contribution in [2.24, 2.45) is 0 Å². The van der Waals surface area contributed by atoms with Crippen LogP contribution in [0.3, 0.4) is 0 Å². The molecule has 0 saturated heterocycles. The van der Waals surface area contributed by atoms with Gasteiger partial charge in [0.1, 0.15) is 11.6 Å². The second-order valence-electron chi connectivity index (χ2n) is 6.05. The molecule has 0 aliphatic heterocycles. The molecule has 0 atom stereocenters. The highest BCUT2D eigenvalue weighted by Gasteiger charge is 2.20. The summed E-state index contributed by atoms with van der Waals surface area (Å²) >= 11 is 5.79. The number of benzene rings is 3. The van der Waals surface area contributed by atoms with E-state index in [0.29, 0.717) is 11.1 Å². The summed E-state index contributed by atoms with van der Waals surface area (Å²) in [7, 11) is -3.89. The van der Waals surface area contributed by atoms with E-state index in [0.717, 1.165) is 23.3 Å². The van der Waals surface area contributed by atoms with E-state index in [-0.39, 0.29) is 15.7 Å². The van der Waals surface area contributed by atoms with Gasteiger partial charge in [-0.1, -0.05) is 60.6 Å². The highest BCUT2D eigenvalue weighted by molar-refractivity contribution is 7.90. The minimum Gasteiger partial charge on any atom is -0.508 e. The van der Waals surface area contributed by atoms with Crippen LogP contribution in [0.1, 0.15) is 11.1 Å². The van der Waals surface area contributed by atoms with Crippen molar-refractivity contribution in [1.29, 1.82) is 0 Å². The molecule has 0 spiro atoms. The Balaban J connectivity index is 2.07. The predicted molar refractivity (Wildman–Crippen MR) is 106 cm³/mol. The Kier molecular flexibility index (Phi) is 5.35. The molecule has 0 fully saturated rings. The minimum atomic E-state index is -3.89. The molecule has 27 heavy (non-hydrogen) atoms. The fraction of sp³-hybridized carbons (Fsp3) is 0.0476. The van der Waals surface area contributed by atoms with Crippen molar-refractivity contribution < 1.29 is 17.9 Å². The number of aliphatic hydroxyl groups excluding tert-OH is 1. The van der Waals surface area contributed by atoms with Gasteiger partial charge in [0.25, 0.3) is 0 Å². The molecule has 0 aromatic heterocycles. The molecule has 3 nitrogen and oxygen atoms in total. The first kappa shape index (κ1) is 19.1. The lowest BCUT2D eigenvalue weighted by Gasteiger charge is -2.12. The highest BCUT2D eigenvalue weighted by atomic mass is 35.5. The molecular formula is C21H16ClFO3S. The van der Waals surface area contributed by atoms with E-state index in [4.69, 9.17) is 11.6 Å². The van der Waals surface area contributed by atoms with Gasteiger partial charge in [0.2, 0.25) is 0 Å². The van der Waals surface area contributed by atoms with Crippen molar-refractivity contribution in [2.45, 2.75) is 10.6 Å². The molecule has 0 radical (unpaired) electrons. The molecule has 6 heteroatoms. The average Bonchev–Trinajstić information content (AvgIpc) is 2.61. The highest BCUT2D eigenvalue weighted by Crippen LogP contribution is 2.29. The Morgan fingerprint density at radius 2 is 1.70 bits per heavy atom. The molecule has 3 rings (SSSR count). The molecule has 138 valence electrons. The van der Waals surface area contributed by atoms with Gasteiger partial charge >= 0.3 is 0 Å². The molecule has 0 aliphatic rings. The summed E-state index contributed by atoms with van der Waals surface area (Å²) < 4.78 is 39.2. The fourth-order valence-electron chi connectivity index (χ4n) is 2.80. The van der Waals surface area contributed by atoms with Crippen LogP contribution in [0.4, 0.5) is 4.39 Å². The molecule has 3 aromatic rings. The van der Waals surface area contributed by atoms with Crippen molar-refractivity contribution in [2.75, 3.05) is 0 Å². The Hall–Kier alpha value is -2.63. The lowest BCUT2D eigenvalue weighted by Crippen LogP contribution is -2.08. The van der Waals surface area contributed by atoms with Crippen molar-refractivity contribution in [3.63, 3.8) is 0 Å². The Labute approximate surface area is 162 Å². The van der Waals surface area contributed by atoms with Crippen LogP contribution in [-0.2, 0) is 15.6 Å². The first-order valence-electron chi connectivity index (χ1n) is 8.02. The predicted octanol–water partition coefficient (Wildman–Crippen LogP) is 5.65. The monoisotopic (exact) mass is 402 g/mol. The summed E-state index contributed by atoms with van der Waals surface area (Å²) in [4.78, 5) is -0.216. The van der Waals surface area contributed by atoms with Crippen LogP contribution < -0.4 is 0 Å². The average molecular weight is 403 g/mol. The van der Waals surface area contributed by atoms with E-state index in [2.05, 4.69) is 6.58 Å². The van der Waals surface area contributed by atoms with Crippen LogP contribution in [0.25, 0.3) is 16.9 Å². The largest absolute Gasteiger partial charge is 0.508 e. The summed E-state index contributed by atoms with van der Waals surface area (Å²) in [6, 6.07) is 17.7. The summed E-state index contributed by atoms with van der Waals surface area (Å²) in [6.07, 6.45) is 0. The molecule has 0 bridgehead atoms. The molecule has 3 aromatic carbocycles. The molecule has 0 aliphatic carbocycles. The molecule has 1 N–H and O–H groups in total. The third-order valence-corrected chi connectivity index (χ3v) is 5.93. The van der Waals surface area contributed by atoms with E-state index in [1.54, 1.807) is 18.2 Å². The van der Waals surface area contributed by atoms with Crippen LogP contribution in [0.5, 0.6) is 0 Å². The van der Waals surface area contributed by atoms with Gasteiger partial charge in [0.15, 0.2) is 9.84 Å². The van der Waals surface area contributed by atoms with Crippen LogP contribution in [0.15, 0.2) is 78.2 Å². The number of rotatable bonds is 5. The van der Waals surface area contributed by atoms with Gasteiger partial charge in [-0.3, -0.25) is 0 Å². The summed E-state index contributed by atoms with van der Waals surface area (Å²) in [5.74, 6) is -1.40. The van der Waals surface area contributed by atoms with Crippen molar-refractivity contribution >= 4 is 27.2 Å². The van der Waals surface area contributed by atoms with Gasteiger partial charge in [0, 0.05) is 10.6 Å². The molecular weight excluding hydrogens is 387 g/mol. The zero-order valence-corrected chi connectivity index (χ0v) is 15.8. The van der Waals surface area contributed by atoms with E-state index in [9.17, 15) is 17.9 Å². The van der Waals surface area contributed by atoms with Crippen molar-refractivity contribution in [3.8, 4) is 11.1 Å².